The molecule has 0 bridgehead atoms. The molecule has 1 saturated heterocycles. The van der Waals surface area contributed by atoms with Crippen LogP contribution in [0.15, 0.2) is 71.5 Å². The molecule has 0 radical (unpaired) electrons. The van der Waals surface area contributed by atoms with Gasteiger partial charge in [0, 0.05) is 31.7 Å². The molecule has 1 N–H and O–H groups in total. The van der Waals surface area contributed by atoms with Gasteiger partial charge in [0.1, 0.15) is 17.7 Å². The van der Waals surface area contributed by atoms with Gasteiger partial charge in [0.25, 0.3) is 5.56 Å². The highest BCUT2D eigenvalue weighted by molar-refractivity contribution is 5.83. The van der Waals surface area contributed by atoms with Crippen molar-refractivity contribution in [2.45, 2.75) is 26.4 Å². The number of pyridine rings is 1. The van der Waals surface area contributed by atoms with E-state index in [0.717, 1.165) is 27.6 Å². The summed E-state index contributed by atoms with van der Waals surface area (Å²) in [6.45, 7) is 6.59. The number of rotatable bonds is 6. The Kier molecular flexibility index (Phi) is 6.85. The number of benzene rings is 3. The summed E-state index contributed by atoms with van der Waals surface area (Å²) in [5, 5.41) is 13.5. The van der Waals surface area contributed by atoms with Crippen molar-refractivity contribution in [2.24, 2.45) is 0 Å². The second-order valence-electron chi connectivity index (χ2n) is 10.3. The van der Waals surface area contributed by atoms with E-state index < -0.39 is 6.04 Å². The van der Waals surface area contributed by atoms with Crippen LogP contribution in [-0.4, -0.2) is 56.3 Å². The second-order valence-corrected chi connectivity index (χ2v) is 10.3. The highest BCUT2D eigenvalue weighted by Gasteiger charge is 2.33. The van der Waals surface area contributed by atoms with Gasteiger partial charge in [-0.15, -0.1) is 5.10 Å². The van der Waals surface area contributed by atoms with Crippen LogP contribution in [-0.2, 0) is 6.54 Å². The number of nitrogens with one attached hydrogen (secondary N) is 1. The summed E-state index contributed by atoms with van der Waals surface area (Å²) < 4.78 is 29.7. The van der Waals surface area contributed by atoms with Gasteiger partial charge in [-0.3, -0.25) is 9.69 Å². The predicted octanol–water partition coefficient (Wildman–Crippen LogP) is 4.37. The van der Waals surface area contributed by atoms with Gasteiger partial charge in [-0.2, -0.15) is 0 Å². The number of anilines is 1. The number of para-hydroxylation sites is 1. The van der Waals surface area contributed by atoms with E-state index in [9.17, 15) is 13.6 Å². The summed E-state index contributed by atoms with van der Waals surface area (Å²) in [6, 6.07) is 18.4. The largest absolute Gasteiger partial charge is 0.367 e. The Morgan fingerprint density at radius 3 is 2.45 bits per heavy atom. The van der Waals surface area contributed by atoms with E-state index >= 15 is 0 Å². The lowest BCUT2D eigenvalue weighted by molar-refractivity contribution is 0.200. The minimum absolute atomic E-state index is 0.211. The number of hydrogen-bond donors (Lipinski definition) is 1. The zero-order valence-electron chi connectivity index (χ0n) is 22.3. The highest BCUT2D eigenvalue weighted by atomic mass is 19.1. The normalized spacial score (nSPS) is 15.1. The summed E-state index contributed by atoms with van der Waals surface area (Å²) in [5.74, 6) is -0.0649. The first-order valence-corrected chi connectivity index (χ1v) is 13.3. The second kappa shape index (κ2) is 10.6. The SMILES string of the molecule is Cc1cc(C)c2[nH]c(=O)c([C@H](c3nnnn3Cc3ccc(F)cc3)N3CCN(c4ccccc4F)CC3)cc2c1. The van der Waals surface area contributed by atoms with Crippen LogP contribution in [0.2, 0.25) is 0 Å². The first-order chi connectivity index (χ1) is 19.4. The minimum Gasteiger partial charge on any atom is -0.367 e. The van der Waals surface area contributed by atoms with Crippen molar-refractivity contribution in [2.75, 3.05) is 31.1 Å². The topological polar surface area (TPSA) is 82.9 Å². The van der Waals surface area contributed by atoms with Gasteiger partial charge in [-0.1, -0.05) is 35.9 Å². The Balaban J connectivity index is 1.41. The maximum Gasteiger partial charge on any atom is 0.253 e. The Labute approximate surface area is 229 Å². The molecule has 204 valence electrons. The van der Waals surface area contributed by atoms with E-state index in [0.29, 0.717) is 49.8 Å². The van der Waals surface area contributed by atoms with Crippen molar-refractivity contribution in [1.82, 2.24) is 30.1 Å². The number of piperazine rings is 1. The summed E-state index contributed by atoms with van der Waals surface area (Å²) >= 11 is 0. The van der Waals surface area contributed by atoms with Gasteiger partial charge < -0.3 is 9.88 Å². The number of halogens is 2. The predicted molar refractivity (Wildman–Crippen MR) is 149 cm³/mol. The van der Waals surface area contributed by atoms with E-state index in [1.165, 1.54) is 18.2 Å². The molecule has 8 nitrogen and oxygen atoms in total. The maximum atomic E-state index is 14.5. The molecule has 10 heteroatoms. The number of H-pyrrole nitrogens is 1. The molecule has 6 rings (SSSR count). The molecular weight excluding hydrogens is 512 g/mol. The zero-order valence-corrected chi connectivity index (χ0v) is 22.3. The van der Waals surface area contributed by atoms with Crippen molar-refractivity contribution in [3.63, 3.8) is 0 Å². The zero-order chi connectivity index (χ0) is 27.8. The fourth-order valence-electron chi connectivity index (χ4n) is 5.62. The lowest BCUT2D eigenvalue weighted by Gasteiger charge is -2.39. The number of fused-ring (bicyclic) bond motifs is 1. The summed E-state index contributed by atoms with van der Waals surface area (Å²) in [5.41, 5.74) is 4.61. The fourth-order valence-corrected chi connectivity index (χ4v) is 5.62. The molecule has 0 spiro atoms. The number of aryl methyl sites for hydroxylation is 2. The van der Waals surface area contributed by atoms with Crippen LogP contribution in [0.25, 0.3) is 10.9 Å². The smallest absolute Gasteiger partial charge is 0.253 e. The quantitative estimate of drug-likeness (QED) is 0.344. The third-order valence-electron chi connectivity index (χ3n) is 7.54. The highest BCUT2D eigenvalue weighted by Crippen LogP contribution is 2.30. The van der Waals surface area contributed by atoms with E-state index in [1.807, 2.05) is 36.9 Å². The van der Waals surface area contributed by atoms with Crippen molar-refractivity contribution in [1.29, 1.82) is 0 Å². The van der Waals surface area contributed by atoms with Crippen LogP contribution < -0.4 is 10.5 Å². The van der Waals surface area contributed by atoms with Gasteiger partial charge in [-0.05, 0) is 77.2 Å². The van der Waals surface area contributed by atoms with E-state index in [1.54, 1.807) is 28.9 Å². The first kappa shape index (κ1) is 25.8. The number of aromatic amines is 1. The van der Waals surface area contributed by atoms with Crippen molar-refractivity contribution < 1.29 is 8.78 Å². The number of tetrazole rings is 1. The molecule has 1 aliphatic heterocycles. The Morgan fingerprint density at radius 1 is 0.950 bits per heavy atom. The van der Waals surface area contributed by atoms with Gasteiger partial charge in [0.05, 0.1) is 17.7 Å². The minimum atomic E-state index is -0.549. The molecule has 0 unspecified atom stereocenters. The summed E-state index contributed by atoms with van der Waals surface area (Å²) in [4.78, 5) is 20.9. The third-order valence-corrected chi connectivity index (χ3v) is 7.54. The van der Waals surface area contributed by atoms with Gasteiger partial charge in [0.15, 0.2) is 5.82 Å². The lowest BCUT2D eigenvalue weighted by Crippen LogP contribution is -2.49. The van der Waals surface area contributed by atoms with Crippen LogP contribution in [0.4, 0.5) is 14.5 Å². The lowest BCUT2D eigenvalue weighted by atomic mass is 10.00. The molecular formula is C30H29F2N7O. The molecule has 0 amide bonds. The molecule has 1 fully saturated rings. The van der Waals surface area contributed by atoms with E-state index in [2.05, 4.69) is 31.5 Å². The van der Waals surface area contributed by atoms with Gasteiger partial charge in [-0.25, -0.2) is 13.5 Å². The molecule has 3 aromatic carbocycles. The molecule has 1 aliphatic rings. The van der Waals surface area contributed by atoms with E-state index in [-0.39, 0.29) is 17.2 Å². The number of hydrogen-bond acceptors (Lipinski definition) is 6. The molecule has 0 saturated carbocycles. The van der Waals surface area contributed by atoms with Crippen LogP contribution in [0.1, 0.15) is 34.1 Å². The van der Waals surface area contributed by atoms with Crippen LogP contribution in [0.5, 0.6) is 0 Å². The summed E-state index contributed by atoms with van der Waals surface area (Å²) in [7, 11) is 0. The average molecular weight is 542 g/mol. The van der Waals surface area contributed by atoms with E-state index in [4.69, 9.17) is 0 Å². The van der Waals surface area contributed by atoms with Crippen LogP contribution in [0, 0.1) is 25.5 Å². The van der Waals surface area contributed by atoms with Crippen molar-refractivity contribution in [3.05, 3.63) is 117 Å². The summed E-state index contributed by atoms with van der Waals surface area (Å²) in [6.07, 6.45) is 0. The average Bonchev–Trinajstić information content (AvgIpc) is 3.39. The fraction of sp³-hybridized carbons (Fsp3) is 0.267. The molecule has 3 heterocycles. The molecule has 0 aliphatic carbocycles. The maximum absolute atomic E-state index is 14.5. The molecule has 40 heavy (non-hydrogen) atoms. The molecule has 5 aromatic rings. The van der Waals surface area contributed by atoms with Crippen LogP contribution >= 0.6 is 0 Å². The number of nitrogens with zero attached hydrogens (tertiary/aromatic N) is 6. The third kappa shape index (κ3) is 4.98. The van der Waals surface area contributed by atoms with Gasteiger partial charge in [0.2, 0.25) is 0 Å². The first-order valence-electron chi connectivity index (χ1n) is 13.3. The Morgan fingerprint density at radius 2 is 1.70 bits per heavy atom. The van der Waals surface area contributed by atoms with Crippen LogP contribution in [0.3, 0.4) is 0 Å². The standard InChI is InChI=1S/C30H29F2N7O/c1-19-15-20(2)27-22(16-19)17-24(30(40)33-27)28(29-34-35-36-39(29)18-21-7-9-23(31)10-8-21)38-13-11-37(12-14-38)26-6-4-3-5-25(26)32/h3-10,15-17,28H,11-14,18H2,1-2H3,(H,33,40)/t28-/m1/s1. The monoisotopic (exact) mass is 541 g/mol. The molecule has 2 aromatic heterocycles. The Hall–Kier alpha value is -4.44. The Bertz CT molecular complexity index is 1720. The van der Waals surface area contributed by atoms with Crippen molar-refractivity contribution >= 4 is 16.6 Å². The number of aromatic nitrogens is 5. The van der Waals surface area contributed by atoms with Gasteiger partial charge >= 0.3 is 0 Å². The van der Waals surface area contributed by atoms with Crippen molar-refractivity contribution in [3.8, 4) is 0 Å². The molecule has 1 atom stereocenters.